The summed E-state index contributed by atoms with van der Waals surface area (Å²) in [6.45, 7) is 10.9. The molecule has 0 N–H and O–H groups in total. The van der Waals surface area contributed by atoms with Crippen molar-refractivity contribution in [2.24, 2.45) is 13.0 Å². The Morgan fingerprint density at radius 1 is 1.06 bits per heavy atom. The highest BCUT2D eigenvalue weighted by atomic mass is 16.5. The third-order valence-corrected chi connectivity index (χ3v) is 7.46. The number of imidazole rings is 1. The molecule has 6 heteroatoms. The molecule has 2 aromatic heterocycles. The zero-order valence-corrected chi connectivity index (χ0v) is 22.4. The summed E-state index contributed by atoms with van der Waals surface area (Å²) in [5, 5.41) is 0. The van der Waals surface area contributed by atoms with Gasteiger partial charge in [-0.1, -0.05) is 51.1 Å². The van der Waals surface area contributed by atoms with Gasteiger partial charge < -0.3 is 14.2 Å². The number of fused-ring (bicyclic) bond motifs is 1. The van der Waals surface area contributed by atoms with Gasteiger partial charge in [-0.15, -0.1) is 0 Å². The van der Waals surface area contributed by atoms with Crippen LogP contribution >= 0.6 is 0 Å². The van der Waals surface area contributed by atoms with E-state index in [0.29, 0.717) is 5.92 Å². The van der Waals surface area contributed by atoms with Crippen molar-refractivity contribution in [1.29, 1.82) is 0 Å². The molecule has 0 amide bonds. The van der Waals surface area contributed by atoms with Gasteiger partial charge in [-0.25, -0.2) is 9.97 Å². The lowest BCUT2D eigenvalue weighted by molar-refractivity contribution is 0.414. The number of anilines is 1. The second-order valence-corrected chi connectivity index (χ2v) is 11.2. The van der Waals surface area contributed by atoms with Crippen LogP contribution in [0.2, 0.25) is 0 Å². The summed E-state index contributed by atoms with van der Waals surface area (Å²) < 4.78 is 7.35. The first-order chi connectivity index (χ1) is 17.2. The first kappa shape index (κ1) is 24.3. The first-order valence-electron chi connectivity index (χ1n) is 12.9. The lowest BCUT2D eigenvalue weighted by atomic mass is 9.84. The van der Waals surface area contributed by atoms with Crippen molar-refractivity contribution in [3.05, 3.63) is 76.7 Å². The second-order valence-electron chi connectivity index (χ2n) is 11.2. The van der Waals surface area contributed by atoms with E-state index in [2.05, 4.69) is 67.9 Å². The van der Waals surface area contributed by atoms with Crippen molar-refractivity contribution in [2.45, 2.75) is 52.4 Å². The molecule has 1 atom stereocenters. The lowest BCUT2D eigenvalue weighted by Gasteiger charge is -2.21. The van der Waals surface area contributed by atoms with Crippen molar-refractivity contribution in [3.63, 3.8) is 0 Å². The van der Waals surface area contributed by atoms with Crippen LogP contribution in [0.5, 0.6) is 5.75 Å². The quantitative estimate of drug-likeness (QED) is 0.355. The molecular weight excluding hydrogens is 446 g/mol. The van der Waals surface area contributed by atoms with E-state index in [1.165, 1.54) is 22.3 Å². The summed E-state index contributed by atoms with van der Waals surface area (Å²) in [5.41, 5.74) is 8.25. The molecule has 0 aliphatic carbocycles. The van der Waals surface area contributed by atoms with Crippen LogP contribution in [-0.4, -0.2) is 39.7 Å². The number of benzene rings is 2. The Hall–Kier alpha value is -3.41. The fraction of sp³-hybridized carbons (Fsp3) is 0.433. The zero-order chi connectivity index (χ0) is 25.4. The maximum absolute atomic E-state index is 5.30. The van der Waals surface area contributed by atoms with Gasteiger partial charge in [0.15, 0.2) is 5.65 Å². The van der Waals surface area contributed by atoms with Crippen LogP contribution in [0.1, 0.15) is 55.1 Å². The molecule has 1 aliphatic heterocycles. The number of nitrogens with zero attached hydrogens (tertiary/aromatic N) is 5. The number of hydrogen-bond acceptors (Lipinski definition) is 5. The molecule has 1 aliphatic rings. The number of aryl methyl sites for hydroxylation is 2. The fourth-order valence-electron chi connectivity index (χ4n) is 5.18. The van der Waals surface area contributed by atoms with Gasteiger partial charge in [0.25, 0.3) is 0 Å². The van der Waals surface area contributed by atoms with Gasteiger partial charge in [-0.3, -0.25) is 0 Å². The molecular formula is C30H37N5O. The summed E-state index contributed by atoms with van der Waals surface area (Å²) in [6, 6.07) is 15.3. The van der Waals surface area contributed by atoms with Gasteiger partial charge in [0.1, 0.15) is 11.3 Å². The van der Waals surface area contributed by atoms with Crippen LogP contribution in [0.4, 0.5) is 5.95 Å². The minimum atomic E-state index is 0.107. The topological polar surface area (TPSA) is 56.1 Å². The van der Waals surface area contributed by atoms with Crippen molar-refractivity contribution in [1.82, 2.24) is 19.5 Å². The van der Waals surface area contributed by atoms with E-state index < -0.39 is 0 Å². The van der Waals surface area contributed by atoms with Crippen LogP contribution in [0.15, 0.2) is 48.8 Å². The Kier molecular flexibility index (Phi) is 6.45. The van der Waals surface area contributed by atoms with Gasteiger partial charge in [0.05, 0.1) is 19.1 Å². The van der Waals surface area contributed by atoms with Gasteiger partial charge >= 0.3 is 0 Å². The molecule has 6 nitrogen and oxygen atoms in total. The molecule has 0 radical (unpaired) electrons. The van der Waals surface area contributed by atoms with E-state index in [1.54, 1.807) is 7.11 Å². The molecule has 4 aromatic rings. The second kappa shape index (κ2) is 9.57. The Bertz CT molecular complexity index is 1370. The normalized spacial score (nSPS) is 16.2. The molecule has 1 saturated heterocycles. The first-order valence-corrected chi connectivity index (χ1v) is 12.9. The summed E-state index contributed by atoms with van der Waals surface area (Å²) >= 11 is 0. The number of rotatable bonds is 6. The smallest absolute Gasteiger partial charge is 0.227 e. The van der Waals surface area contributed by atoms with Crippen LogP contribution in [0.3, 0.4) is 0 Å². The average molecular weight is 484 g/mol. The minimum absolute atomic E-state index is 0.107. The molecule has 0 spiro atoms. The van der Waals surface area contributed by atoms with Gasteiger partial charge in [-0.05, 0) is 65.5 Å². The maximum atomic E-state index is 5.30. The molecule has 3 heterocycles. The molecule has 0 bridgehead atoms. The Balaban J connectivity index is 1.41. The summed E-state index contributed by atoms with van der Waals surface area (Å²) in [6.07, 6.45) is 4.81. The molecule has 1 unspecified atom stereocenters. The van der Waals surface area contributed by atoms with Crippen LogP contribution in [0.25, 0.3) is 11.2 Å². The molecule has 1 fully saturated rings. The lowest BCUT2D eigenvalue weighted by Crippen LogP contribution is -2.23. The predicted molar refractivity (Wildman–Crippen MR) is 146 cm³/mol. The molecule has 0 saturated carbocycles. The van der Waals surface area contributed by atoms with Crippen molar-refractivity contribution >= 4 is 17.1 Å². The van der Waals surface area contributed by atoms with E-state index in [4.69, 9.17) is 14.7 Å². The summed E-state index contributed by atoms with van der Waals surface area (Å²) in [4.78, 5) is 17.0. The summed E-state index contributed by atoms with van der Waals surface area (Å²) in [7, 11) is 3.74. The highest BCUT2D eigenvalue weighted by molar-refractivity contribution is 5.75. The van der Waals surface area contributed by atoms with Crippen molar-refractivity contribution in [3.8, 4) is 5.75 Å². The predicted octanol–water partition coefficient (Wildman–Crippen LogP) is 5.64. The van der Waals surface area contributed by atoms with Gasteiger partial charge in [0.2, 0.25) is 5.95 Å². The van der Waals surface area contributed by atoms with Crippen molar-refractivity contribution in [2.75, 3.05) is 25.1 Å². The number of ether oxygens (including phenoxy) is 1. The Labute approximate surface area is 214 Å². The SMILES string of the molecule is COc1ccc(CC2CCN(c3nc(Cc4cc(C(C)(C)C)ccc4C)c4c(ncn4C)n3)C2)cc1. The van der Waals surface area contributed by atoms with Crippen molar-refractivity contribution < 1.29 is 4.74 Å². The van der Waals surface area contributed by atoms with E-state index in [9.17, 15) is 0 Å². The van der Waals surface area contributed by atoms with Gasteiger partial charge in [0, 0.05) is 26.6 Å². The third kappa shape index (κ3) is 4.95. The monoisotopic (exact) mass is 483 g/mol. The van der Waals surface area contributed by atoms with Crippen LogP contribution in [0, 0.1) is 12.8 Å². The van der Waals surface area contributed by atoms with Crippen LogP contribution in [-0.2, 0) is 25.3 Å². The number of hydrogen-bond donors (Lipinski definition) is 0. The Morgan fingerprint density at radius 2 is 1.83 bits per heavy atom. The fourth-order valence-corrected chi connectivity index (χ4v) is 5.18. The highest BCUT2D eigenvalue weighted by Gasteiger charge is 2.26. The zero-order valence-electron chi connectivity index (χ0n) is 22.4. The highest BCUT2D eigenvalue weighted by Crippen LogP contribution is 2.29. The molecule has 188 valence electrons. The van der Waals surface area contributed by atoms with E-state index in [-0.39, 0.29) is 5.41 Å². The minimum Gasteiger partial charge on any atom is -0.497 e. The Morgan fingerprint density at radius 3 is 2.56 bits per heavy atom. The standard InChI is InChI=1S/C30H37N5O/c1-20-7-10-24(30(2,3)4)16-23(20)17-26-27-28(31-19-34(27)5)33-29(32-26)35-14-13-22(18-35)15-21-8-11-25(36-6)12-9-21/h7-12,16,19,22H,13-15,17-18H2,1-6H3. The number of methoxy groups -OCH3 is 1. The molecule has 5 rings (SSSR count). The van der Waals surface area contributed by atoms with Gasteiger partial charge in [-0.2, -0.15) is 4.98 Å². The van der Waals surface area contributed by atoms with Crippen LogP contribution < -0.4 is 9.64 Å². The third-order valence-electron chi connectivity index (χ3n) is 7.46. The van der Waals surface area contributed by atoms with E-state index >= 15 is 0 Å². The van der Waals surface area contributed by atoms with E-state index in [1.807, 2.05) is 30.1 Å². The van der Waals surface area contributed by atoms with E-state index in [0.717, 1.165) is 60.9 Å². The molecule has 36 heavy (non-hydrogen) atoms. The molecule has 2 aromatic carbocycles. The average Bonchev–Trinajstić information content (AvgIpc) is 3.47. The largest absolute Gasteiger partial charge is 0.497 e. The number of aromatic nitrogens is 4. The summed E-state index contributed by atoms with van der Waals surface area (Å²) in [5.74, 6) is 2.29. The maximum Gasteiger partial charge on any atom is 0.227 e.